The number of aromatic nitrogens is 1. The van der Waals surface area contributed by atoms with Crippen LogP contribution in [0.25, 0.3) is 0 Å². The number of hydrogen-bond acceptors (Lipinski definition) is 4. The third-order valence-electron chi connectivity index (χ3n) is 2.64. The highest BCUT2D eigenvalue weighted by Gasteiger charge is 2.19. The van der Waals surface area contributed by atoms with Crippen LogP contribution >= 0.6 is 0 Å². The molecule has 0 radical (unpaired) electrons. The van der Waals surface area contributed by atoms with Crippen LogP contribution in [-0.4, -0.2) is 17.1 Å². The van der Waals surface area contributed by atoms with E-state index in [-0.39, 0.29) is 5.69 Å². The quantitative estimate of drug-likeness (QED) is 0.621. The summed E-state index contributed by atoms with van der Waals surface area (Å²) in [6.45, 7) is 1.64. The van der Waals surface area contributed by atoms with E-state index in [4.69, 9.17) is 15.6 Å². The zero-order valence-electron chi connectivity index (χ0n) is 10.5. The highest BCUT2D eigenvalue weighted by molar-refractivity contribution is 5.88. The number of ether oxygens (including phenoxy) is 1. The van der Waals surface area contributed by atoms with Gasteiger partial charge in [-0.15, -0.1) is 6.42 Å². The van der Waals surface area contributed by atoms with Crippen molar-refractivity contribution in [2.75, 3.05) is 0 Å². The number of nitrogens with zero attached hydrogens (tertiary/aromatic N) is 1. The van der Waals surface area contributed by atoms with Crippen molar-refractivity contribution in [3.63, 3.8) is 0 Å². The van der Waals surface area contributed by atoms with E-state index in [1.54, 1.807) is 6.92 Å². The van der Waals surface area contributed by atoms with Crippen molar-refractivity contribution in [2.24, 2.45) is 0 Å². The van der Waals surface area contributed by atoms with E-state index in [9.17, 15) is 4.79 Å². The molecular weight excluding hydrogens is 242 g/mol. The standard InChI is InChI=1S/C15H13NO3/c1-3-13(9-12-7-5-4-6-8-12)19-15(17)14-11(2)18-10-16-14/h1,4-8,10,13H,9H2,2H3/t13-/m1/s1. The molecule has 0 aliphatic carbocycles. The largest absolute Gasteiger partial charge is 0.448 e. The fourth-order valence-corrected chi connectivity index (χ4v) is 1.65. The summed E-state index contributed by atoms with van der Waals surface area (Å²) in [5.74, 6) is 2.31. The van der Waals surface area contributed by atoms with Gasteiger partial charge in [0.2, 0.25) is 0 Å². The number of benzene rings is 1. The van der Waals surface area contributed by atoms with Crippen LogP contribution in [-0.2, 0) is 11.2 Å². The molecule has 1 atom stereocenters. The van der Waals surface area contributed by atoms with Gasteiger partial charge in [-0.1, -0.05) is 36.3 Å². The van der Waals surface area contributed by atoms with Gasteiger partial charge in [0.05, 0.1) is 0 Å². The predicted molar refractivity (Wildman–Crippen MR) is 69.4 cm³/mol. The Hall–Kier alpha value is -2.54. The van der Waals surface area contributed by atoms with E-state index in [1.165, 1.54) is 6.39 Å². The maximum atomic E-state index is 11.8. The van der Waals surface area contributed by atoms with Crippen molar-refractivity contribution in [3.05, 3.63) is 53.7 Å². The molecule has 0 saturated heterocycles. The first-order chi connectivity index (χ1) is 9.20. The minimum absolute atomic E-state index is 0.160. The Balaban J connectivity index is 2.03. The first-order valence-electron chi connectivity index (χ1n) is 5.82. The average Bonchev–Trinajstić information content (AvgIpc) is 2.85. The number of carbonyl (C=O) groups excluding carboxylic acids is 1. The third kappa shape index (κ3) is 3.23. The molecule has 0 bridgehead atoms. The SMILES string of the molecule is C#C[C@H](Cc1ccccc1)OC(=O)c1ncoc1C. The summed E-state index contributed by atoms with van der Waals surface area (Å²) in [6, 6.07) is 9.59. The first-order valence-corrected chi connectivity index (χ1v) is 5.82. The van der Waals surface area contributed by atoms with E-state index < -0.39 is 12.1 Å². The van der Waals surface area contributed by atoms with Gasteiger partial charge in [-0.3, -0.25) is 0 Å². The Morgan fingerprint density at radius 2 is 2.21 bits per heavy atom. The maximum Gasteiger partial charge on any atom is 0.361 e. The number of carbonyl (C=O) groups is 1. The molecule has 4 nitrogen and oxygen atoms in total. The molecule has 1 heterocycles. The van der Waals surface area contributed by atoms with E-state index in [1.807, 2.05) is 30.3 Å². The molecule has 0 fully saturated rings. The second-order valence-corrected chi connectivity index (χ2v) is 4.01. The van der Waals surface area contributed by atoms with Gasteiger partial charge in [-0.2, -0.15) is 0 Å². The van der Waals surface area contributed by atoms with Crippen LogP contribution in [0.2, 0.25) is 0 Å². The lowest BCUT2D eigenvalue weighted by Gasteiger charge is -2.11. The van der Waals surface area contributed by atoms with Gasteiger partial charge in [0.15, 0.2) is 18.2 Å². The highest BCUT2D eigenvalue weighted by atomic mass is 16.5. The monoisotopic (exact) mass is 255 g/mol. The number of aryl methyl sites for hydroxylation is 1. The lowest BCUT2D eigenvalue weighted by atomic mass is 10.1. The number of rotatable bonds is 4. The minimum Gasteiger partial charge on any atom is -0.448 e. The molecule has 0 N–H and O–H groups in total. The fraction of sp³-hybridized carbons (Fsp3) is 0.200. The van der Waals surface area contributed by atoms with Gasteiger partial charge in [0.25, 0.3) is 0 Å². The molecule has 2 aromatic rings. The van der Waals surface area contributed by atoms with Crippen LogP contribution in [0, 0.1) is 19.3 Å². The first kappa shape index (κ1) is 12.9. The van der Waals surface area contributed by atoms with Gasteiger partial charge < -0.3 is 9.15 Å². The van der Waals surface area contributed by atoms with Crippen molar-refractivity contribution in [3.8, 4) is 12.3 Å². The molecule has 0 aliphatic rings. The lowest BCUT2D eigenvalue weighted by molar-refractivity contribution is 0.0403. The predicted octanol–water partition coefficient (Wildman–Crippen LogP) is 2.38. The van der Waals surface area contributed by atoms with Crippen molar-refractivity contribution in [1.29, 1.82) is 0 Å². The Labute approximate surface area is 111 Å². The van der Waals surface area contributed by atoms with Crippen molar-refractivity contribution in [1.82, 2.24) is 4.98 Å². The van der Waals surface area contributed by atoms with Gasteiger partial charge in [-0.05, 0) is 12.5 Å². The van der Waals surface area contributed by atoms with E-state index in [0.717, 1.165) is 5.56 Å². The molecule has 1 aromatic heterocycles. The van der Waals surface area contributed by atoms with Crippen LogP contribution in [0.3, 0.4) is 0 Å². The van der Waals surface area contributed by atoms with Gasteiger partial charge in [0.1, 0.15) is 5.76 Å². The van der Waals surface area contributed by atoms with E-state index in [0.29, 0.717) is 12.2 Å². The van der Waals surface area contributed by atoms with Crippen molar-refractivity contribution >= 4 is 5.97 Å². The topological polar surface area (TPSA) is 52.3 Å². The highest BCUT2D eigenvalue weighted by Crippen LogP contribution is 2.10. The fourth-order valence-electron chi connectivity index (χ4n) is 1.65. The zero-order chi connectivity index (χ0) is 13.7. The molecule has 0 unspecified atom stereocenters. The van der Waals surface area contributed by atoms with E-state index in [2.05, 4.69) is 10.9 Å². The molecule has 19 heavy (non-hydrogen) atoms. The summed E-state index contributed by atoms with van der Waals surface area (Å²) in [4.78, 5) is 15.6. The molecule has 2 rings (SSSR count). The number of oxazole rings is 1. The number of esters is 1. The Morgan fingerprint density at radius 1 is 1.47 bits per heavy atom. The summed E-state index contributed by atoms with van der Waals surface area (Å²) >= 11 is 0. The summed E-state index contributed by atoms with van der Waals surface area (Å²) in [7, 11) is 0. The third-order valence-corrected chi connectivity index (χ3v) is 2.64. The zero-order valence-corrected chi connectivity index (χ0v) is 10.5. The summed E-state index contributed by atoms with van der Waals surface area (Å²) < 4.78 is 10.2. The molecule has 0 saturated carbocycles. The van der Waals surface area contributed by atoms with Crippen molar-refractivity contribution < 1.29 is 13.9 Å². The lowest BCUT2D eigenvalue weighted by Crippen LogP contribution is -2.19. The maximum absolute atomic E-state index is 11.8. The van der Waals surface area contributed by atoms with Crippen LogP contribution in [0.4, 0.5) is 0 Å². The minimum atomic E-state index is -0.619. The van der Waals surface area contributed by atoms with Gasteiger partial charge in [0, 0.05) is 6.42 Å². The molecular formula is C15H13NO3. The summed E-state index contributed by atoms with van der Waals surface area (Å²) in [5, 5.41) is 0. The Kier molecular flexibility index (Phi) is 3.99. The number of hydrogen-bond donors (Lipinski definition) is 0. The van der Waals surface area contributed by atoms with Crippen LogP contribution in [0.5, 0.6) is 0 Å². The number of terminal acetylenes is 1. The van der Waals surface area contributed by atoms with Gasteiger partial charge >= 0.3 is 5.97 Å². The molecule has 0 spiro atoms. The second-order valence-electron chi connectivity index (χ2n) is 4.01. The normalized spacial score (nSPS) is 11.6. The molecule has 1 aromatic carbocycles. The van der Waals surface area contributed by atoms with Crippen molar-refractivity contribution in [2.45, 2.75) is 19.4 Å². The Bertz CT molecular complexity index is 595. The van der Waals surface area contributed by atoms with Crippen LogP contribution in [0.15, 0.2) is 41.1 Å². The van der Waals surface area contributed by atoms with Gasteiger partial charge in [-0.25, -0.2) is 9.78 Å². The summed E-state index contributed by atoms with van der Waals surface area (Å²) in [5.41, 5.74) is 1.17. The average molecular weight is 255 g/mol. The molecule has 96 valence electrons. The van der Waals surface area contributed by atoms with Crippen LogP contribution in [0.1, 0.15) is 21.8 Å². The Morgan fingerprint density at radius 3 is 2.79 bits per heavy atom. The van der Waals surface area contributed by atoms with E-state index >= 15 is 0 Å². The summed E-state index contributed by atoms with van der Waals surface area (Å²) in [6.07, 6.45) is 6.44. The smallest absolute Gasteiger partial charge is 0.361 e. The molecule has 0 aliphatic heterocycles. The molecule has 0 amide bonds. The molecule has 4 heteroatoms. The second kappa shape index (κ2) is 5.87. The van der Waals surface area contributed by atoms with Crippen LogP contribution < -0.4 is 0 Å².